The molecule has 16 heteroatoms. The number of sulfone groups is 1. The lowest BCUT2D eigenvalue weighted by atomic mass is 9.87. The Kier molecular flexibility index (Phi) is 6.76. The maximum absolute atomic E-state index is 14.3. The molecular weight excluding hydrogens is 608 g/mol. The van der Waals surface area contributed by atoms with E-state index in [9.17, 15) is 22.0 Å². The minimum atomic E-state index is -3.82. The van der Waals surface area contributed by atoms with Gasteiger partial charge in [-0.1, -0.05) is 6.07 Å². The maximum atomic E-state index is 14.3. The van der Waals surface area contributed by atoms with E-state index in [4.69, 9.17) is 15.5 Å². The number of ether oxygens (including phenoxy) is 1. The lowest BCUT2D eigenvalue weighted by Gasteiger charge is -2.38. The number of halogens is 2. The molecule has 2 unspecified atom stereocenters. The number of aromatic nitrogens is 7. The fourth-order valence-electron chi connectivity index (χ4n) is 6.67. The van der Waals surface area contributed by atoms with Crippen molar-refractivity contribution in [2.24, 2.45) is 0 Å². The molecule has 2 bridgehead atoms. The number of pyridine rings is 1. The van der Waals surface area contributed by atoms with Gasteiger partial charge in [-0.05, 0) is 43.9 Å². The van der Waals surface area contributed by atoms with Crippen molar-refractivity contribution in [2.75, 3.05) is 19.1 Å². The Morgan fingerprint density at radius 1 is 1.09 bits per heavy atom. The molecule has 13 nitrogen and oxygen atoms in total. The van der Waals surface area contributed by atoms with Gasteiger partial charge in [0.1, 0.15) is 17.0 Å². The van der Waals surface area contributed by atoms with Crippen molar-refractivity contribution in [1.82, 2.24) is 39.7 Å². The number of nitrogens with two attached hydrogens (primary N) is 1. The molecule has 2 aliphatic rings. The molecule has 5 aromatic rings. The first-order chi connectivity index (χ1) is 21.5. The summed E-state index contributed by atoms with van der Waals surface area (Å²) < 4.78 is 60.8. The Morgan fingerprint density at radius 3 is 2.38 bits per heavy atom. The number of methoxy groups -OCH3 is 1. The summed E-state index contributed by atoms with van der Waals surface area (Å²) in [6, 6.07) is 5.32. The number of nitrogen functional groups attached to an aromatic ring is 1. The summed E-state index contributed by atoms with van der Waals surface area (Å²) >= 11 is 0. The Morgan fingerprint density at radius 2 is 1.80 bits per heavy atom. The first kappa shape index (κ1) is 28.8. The van der Waals surface area contributed by atoms with E-state index >= 15 is 0 Å². The van der Waals surface area contributed by atoms with Crippen LogP contribution in [0.3, 0.4) is 0 Å². The average molecular weight is 636 g/mol. The lowest BCUT2D eigenvalue weighted by Crippen LogP contribution is -2.46. The van der Waals surface area contributed by atoms with Crippen LogP contribution in [0, 0.1) is 11.6 Å². The summed E-state index contributed by atoms with van der Waals surface area (Å²) in [5, 5.41) is 11.9. The molecule has 2 saturated heterocycles. The van der Waals surface area contributed by atoms with Crippen molar-refractivity contribution in [3.05, 3.63) is 66.1 Å². The zero-order valence-electron chi connectivity index (χ0n) is 24.1. The van der Waals surface area contributed by atoms with Crippen LogP contribution < -0.4 is 10.5 Å². The molecule has 3 N–H and O–H groups in total. The fourth-order valence-corrected chi connectivity index (χ4v) is 7.73. The molecular formula is C29H27F2N9O4S. The highest BCUT2D eigenvalue weighted by atomic mass is 32.2. The average Bonchev–Trinajstić information content (AvgIpc) is 3.75. The highest BCUT2D eigenvalue weighted by molar-refractivity contribution is 7.91. The van der Waals surface area contributed by atoms with Gasteiger partial charge in [-0.25, -0.2) is 22.2 Å². The Hall–Kier alpha value is -4.99. The number of amides is 1. The van der Waals surface area contributed by atoms with Crippen molar-refractivity contribution in [3.63, 3.8) is 0 Å². The minimum Gasteiger partial charge on any atom is -0.491 e. The Labute approximate surface area is 255 Å². The van der Waals surface area contributed by atoms with E-state index in [0.29, 0.717) is 41.0 Å². The number of rotatable bonds is 6. The van der Waals surface area contributed by atoms with Crippen molar-refractivity contribution in [3.8, 4) is 28.1 Å². The third-order valence-electron chi connectivity index (χ3n) is 8.58. The molecule has 2 aliphatic heterocycles. The number of hydrogen-bond donors (Lipinski definition) is 2. The first-order valence-corrected chi connectivity index (χ1v) is 16.0. The van der Waals surface area contributed by atoms with Gasteiger partial charge in [0.15, 0.2) is 32.9 Å². The Bertz CT molecular complexity index is 2030. The zero-order valence-corrected chi connectivity index (χ0v) is 24.9. The van der Waals surface area contributed by atoms with E-state index < -0.39 is 27.2 Å². The molecule has 0 saturated carbocycles. The Balaban J connectivity index is 1.26. The van der Waals surface area contributed by atoms with Gasteiger partial charge in [-0.15, -0.1) is 10.2 Å². The number of carbonyl (C=O) groups excluding carboxylic acids is 1. The quantitative estimate of drug-likeness (QED) is 0.281. The molecule has 7 rings (SSSR count). The highest BCUT2D eigenvalue weighted by Gasteiger charge is 2.46. The number of H-pyrrole nitrogens is 1. The minimum absolute atomic E-state index is 0.0648. The van der Waals surface area contributed by atoms with Crippen LogP contribution >= 0.6 is 0 Å². The molecule has 6 heterocycles. The standard InChI is InChI=1S/C29H27F2N9O4S/c1-44-24-20(30)9-15(10-21(24)31)22-6-3-14(11-33-22)19-12-36-40-26(32)25(45(2,42)43)23(37-28(19)40)16-7-17-4-5-18(8-16)39(17)29(41)27-34-13-35-38-27/h3,6,9-13,16-18H,4-5,7-8,32H2,1-2H3,(H,34,35,38). The summed E-state index contributed by atoms with van der Waals surface area (Å²) in [6.45, 7) is 0. The molecule has 0 aliphatic carbocycles. The van der Waals surface area contributed by atoms with Crippen LogP contribution in [0.25, 0.3) is 28.0 Å². The second-order valence-electron chi connectivity index (χ2n) is 11.3. The first-order valence-electron chi connectivity index (χ1n) is 14.1. The number of nitrogens with one attached hydrogen (secondary N) is 1. The van der Waals surface area contributed by atoms with Crippen molar-refractivity contribution in [2.45, 2.75) is 48.6 Å². The van der Waals surface area contributed by atoms with Crippen LogP contribution in [0.1, 0.15) is 47.9 Å². The molecule has 45 heavy (non-hydrogen) atoms. The number of aromatic amines is 1. The van der Waals surface area contributed by atoms with E-state index in [2.05, 4.69) is 25.3 Å². The third kappa shape index (κ3) is 4.75. The predicted molar refractivity (Wildman–Crippen MR) is 157 cm³/mol. The topological polar surface area (TPSA) is 174 Å². The lowest BCUT2D eigenvalue weighted by molar-refractivity contribution is 0.0556. The third-order valence-corrected chi connectivity index (χ3v) is 9.74. The number of hydrogen-bond acceptors (Lipinski definition) is 10. The van der Waals surface area contributed by atoms with Crippen molar-refractivity contribution >= 4 is 27.2 Å². The van der Waals surface area contributed by atoms with Crippen molar-refractivity contribution in [1.29, 1.82) is 0 Å². The SMILES string of the molecule is COc1c(F)cc(-c2ccc(-c3cnn4c(N)c(S(C)(=O)=O)c(C5CC6CCC(C5)N6C(=O)c5nnc[nH]5)nc34)cn2)cc1F. The second kappa shape index (κ2) is 10.6. The van der Waals surface area contributed by atoms with Crippen LogP contribution in [0.2, 0.25) is 0 Å². The number of anilines is 1. The van der Waals surface area contributed by atoms with Crippen molar-refractivity contribution < 1.29 is 26.7 Å². The smallest absolute Gasteiger partial charge is 0.292 e. The molecule has 2 atom stereocenters. The number of benzene rings is 1. The fraction of sp³-hybridized carbons (Fsp3) is 0.310. The van der Waals surface area contributed by atoms with Gasteiger partial charge in [-0.3, -0.25) is 9.78 Å². The van der Waals surface area contributed by atoms with Crippen LogP contribution in [-0.2, 0) is 9.84 Å². The molecule has 1 aromatic carbocycles. The molecule has 232 valence electrons. The van der Waals surface area contributed by atoms with Gasteiger partial charge in [0.05, 0.1) is 24.7 Å². The zero-order chi connectivity index (χ0) is 31.6. The van der Waals surface area contributed by atoms with E-state index in [1.807, 2.05) is 4.90 Å². The maximum Gasteiger partial charge on any atom is 0.292 e. The molecule has 1 amide bonds. The summed E-state index contributed by atoms with van der Waals surface area (Å²) in [6.07, 6.45) is 8.00. The van der Waals surface area contributed by atoms with E-state index in [0.717, 1.165) is 31.2 Å². The molecule has 2 fully saturated rings. The van der Waals surface area contributed by atoms with Crippen LogP contribution in [0.15, 0.2) is 47.9 Å². The van der Waals surface area contributed by atoms with Crippen LogP contribution in [0.4, 0.5) is 14.6 Å². The largest absolute Gasteiger partial charge is 0.491 e. The number of fused-ring (bicyclic) bond motifs is 3. The highest BCUT2D eigenvalue weighted by Crippen LogP contribution is 2.45. The summed E-state index contributed by atoms with van der Waals surface area (Å²) in [5.41, 5.74) is 8.82. The summed E-state index contributed by atoms with van der Waals surface area (Å²) in [4.78, 5) is 26.9. The number of piperidine rings is 1. The van der Waals surface area contributed by atoms with E-state index in [1.165, 1.54) is 30.3 Å². The van der Waals surface area contributed by atoms with E-state index in [1.54, 1.807) is 12.1 Å². The monoisotopic (exact) mass is 635 g/mol. The molecule has 4 aromatic heterocycles. The van der Waals surface area contributed by atoms with E-state index in [-0.39, 0.29) is 46.0 Å². The second-order valence-corrected chi connectivity index (χ2v) is 13.2. The van der Waals surface area contributed by atoms with Crippen LogP contribution in [-0.4, -0.2) is 79.4 Å². The summed E-state index contributed by atoms with van der Waals surface area (Å²) in [7, 11) is -2.64. The van der Waals surface area contributed by atoms with Gasteiger partial charge in [0.2, 0.25) is 5.82 Å². The van der Waals surface area contributed by atoms with Crippen LogP contribution in [0.5, 0.6) is 5.75 Å². The number of carbonyl (C=O) groups is 1. The summed E-state index contributed by atoms with van der Waals surface area (Å²) in [5.74, 6) is -2.61. The van der Waals surface area contributed by atoms with Gasteiger partial charge in [-0.2, -0.15) is 9.61 Å². The van der Waals surface area contributed by atoms with Gasteiger partial charge in [0.25, 0.3) is 5.91 Å². The van der Waals surface area contributed by atoms with Gasteiger partial charge in [0, 0.05) is 47.1 Å². The number of nitrogens with zero attached hydrogens (tertiary/aromatic N) is 7. The van der Waals surface area contributed by atoms with Gasteiger partial charge < -0.3 is 20.4 Å². The molecule has 0 spiro atoms. The predicted octanol–water partition coefficient (Wildman–Crippen LogP) is 3.40. The normalized spacial score (nSPS) is 19.7. The molecule has 0 radical (unpaired) electrons. The van der Waals surface area contributed by atoms with Gasteiger partial charge >= 0.3 is 0 Å².